The van der Waals surface area contributed by atoms with Crippen LogP contribution >= 0.6 is 11.8 Å². The maximum absolute atomic E-state index is 12.8. The summed E-state index contributed by atoms with van der Waals surface area (Å²) in [7, 11) is 0. The molecule has 2 atom stereocenters. The second-order valence-electron chi connectivity index (χ2n) is 6.92. The van der Waals surface area contributed by atoms with E-state index in [4.69, 9.17) is 4.74 Å². The highest BCUT2D eigenvalue weighted by atomic mass is 32.2. The Morgan fingerprint density at radius 2 is 1.76 bits per heavy atom. The fourth-order valence-electron chi connectivity index (χ4n) is 3.37. The Balaban J connectivity index is 1.44. The molecule has 2 aliphatic heterocycles. The summed E-state index contributed by atoms with van der Waals surface area (Å²) >= 11 is 1.53. The van der Waals surface area contributed by atoms with Gasteiger partial charge in [-0.1, -0.05) is 48.5 Å². The summed E-state index contributed by atoms with van der Waals surface area (Å²) in [6, 6.07) is 17.5. The molecule has 1 fully saturated rings. The van der Waals surface area contributed by atoms with E-state index in [0.717, 1.165) is 11.1 Å². The zero-order valence-electron chi connectivity index (χ0n) is 15.8. The van der Waals surface area contributed by atoms with Gasteiger partial charge in [0.15, 0.2) is 0 Å². The monoisotopic (exact) mass is 408 g/mol. The average molecular weight is 408 g/mol. The van der Waals surface area contributed by atoms with Gasteiger partial charge in [-0.25, -0.2) is 4.79 Å². The van der Waals surface area contributed by atoms with Crippen LogP contribution in [-0.2, 0) is 20.9 Å². The van der Waals surface area contributed by atoms with E-state index >= 15 is 0 Å². The summed E-state index contributed by atoms with van der Waals surface area (Å²) in [6.07, 6.45) is 0. The first-order valence-corrected chi connectivity index (χ1v) is 10.3. The zero-order valence-corrected chi connectivity index (χ0v) is 16.6. The summed E-state index contributed by atoms with van der Waals surface area (Å²) in [4.78, 5) is 39.3. The van der Waals surface area contributed by atoms with Gasteiger partial charge in [-0.15, -0.1) is 11.8 Å². The molecule has 1 N–H and O–H groups in total. The van der Waals surface area contributed by atoms with Crippen molar-refractivity contribution in [2.45, 2.75) is 24.9 Å². The van der Waals surface area contributed by atoms with Gasteiger partial charge in [0.05, 0.1) is 0 Å². The quantitative estimate of drug-likeness (QED) is 0.608. The van der Waals surface area contributed by atoms with E-state index in [1.54, 1.807) is 24.3 Å². The number of carbonyl (C=O) groups is 3. The number of rotatable bonds is 5. The molecule has 2 heterocycles. The third kappa shape index (κ3) is 3.78. The lowest BCUT2D eigenvalue weighted by Gasteiger charge is -2.49. The fraction of sp³-hybridized carbons (Fsp3) is 0.227. The van der Waals surface area contributed by atoms with Crippen LogP contribution < -0.4 is 5.32 Å². The van der Waals surface area contributed by atoms with E-state index in [-0.39, 0.29) is 23.8 Å². The Labute approximate surface area is 172 Å². The lowest BCUT2D eigenvalue weighted by molar-refractivity contribution is -0.152. The zero-order chi connectivity index (χ0) is 20.4. The van der Waals surface area contributed by atoms with Gasteiger partial charge in [0.1, 0.15) is 23.7 Å². The van der Waals surface area contributed by atoms with E-state index in [2.05, 4.69) is 5.32 Å². The number of nitrogens with zero attached hydrogens (tertiary/aromatic N) is 1. The van der Waals surface area contributed by atoms with Gasteiger partial charge in [0.2, 0.25) is 0 Å². The number of ether oxygens (including phenoxy) is 1. The minimum Gasteiger partial charge on any atom is -0.456 e. The van der Waals surface area contributed by atoms with Gasteiger partial charge in [-0.2, -0.15) is 0 Å². The molecule has 1 saturated heterocycles. The number of thioether (sulfide) groups is 1. The van der Waals surface area contributed by atoms with Gasteiger partial charge < -0.3 is 10.1 Å². The maximum atomic E-state index is 12.8. The smallest absolute Gasteiger partial charge is 0.355 e. The van der Waals surface area contributed by atoms with Crippen molar-refractivity contribution in [2.24, 2.45) is 0 Å². The van der Waals surface area contributed by atoms with Crippen LogP contribution in [0.3, 0.4) is 0 Å². The highest BCUT2D eigenvalue weighted by Crippen LogP contribution is 2.40. The van der Waals surface area contributed by atoms with E-state index in [1.165, 1.54) is 16.7 Å². The standard InChI is InChI=1S/C22H20N2O4S/c1-14-13-29-21-17(23-19(25)16-10-6-3-7-11-16)20(26)24(21)18(14)22(27)28-12-15-8-4-2-5-9-15/h2-11,17,21H,12-13H2,1H3,(H,23,25)/t17?,21-/m1/s1. The molecule has 4 rings (SSSR count). The number of amides is 2. The van der Waals surface area contributed by atoms with Crippen LogP contribution in [0.5, 0.6) is 0 Å². The molecule has 0 aromatic heterocycles. The van der Waals surface area contributed by atoms with Gasteiger partial charge >= 0.3 is 5.97 Å². The molecule has 0 spiro atoms. The summed E-state index contributed by atoms with van der Waals surface area (Å²) < 4.78 is 5.44. The summed E-state index contributed by atoms with van der Waals surface area (Å²) in [6.45, 7) is 1.97. The first-order valence-electron chi connectivity index (χ1n) is 9.27. The van der Waals surface area contributed by atoms with Crippen molar-refractivity contribution in [1.29, 1.82) is 0 Å². The lowest BCUT2D eigenvalue weighted by Crippen LogP contribution is -2.70. The molecule has 148 valence electrons. The molecular formula is C22H20N2O4S. The number of fused-ring (bicyclic) bond motifs is 1. The molecule has 2 amide bonds. The molecule has 29 heavy (non-hydrogen) atoms. The van der Waals surface area contributed by atoms with Gasteiger partial charge in [-0.05, 0) is 30.2 Å². The van der Waals surface area contributed by atoms with Crippen LogP contribution in [-0.4, -0.2) is 39.9 Å². The average Bonchev–Trinajstić information content (AvgIpc) is 2.76. The van der Waals surface area contributed by atoms with E-state index in [0.29, 0.717) is 17.0 Å². The molecule has 0 radical (unpaired) electrons. The normalized spacial score (nSPS) is 20.6. The minimum atomic E-state index is -0.655. The molecule has 0 saturated carbocycles. The molecule has 2 aliphatic rings. The van der Waals surface area contributed by atoms with Crippen LogP contribution in [0.1, 0.15) is 22.8 Å². The third-order valence-corrected chi connectivity index (χ3v) is 6.31. The van der Waals surface area contributed by atoms with Crippen LogP contribution in [0.25, 0.3) is 0 Å². The lowest BCUT2D eigenvalue weighted by atomic mass is 10.0. The van der Waals surface area contributed by atoms with Crippen molar-refractivity contribution in [3.63, 3.8) is 0 Å². The SMILES string of the molecule is CC1=C(C(=O)OCc2ccccc2)N2C(=O)C(NC(=O)c3ccccc3)[C@H]2SC1. The Morgan fingerprint density at radius 1 is 1.10 bits per heavy atom. The van der Waals surface area contributed by atoms with E-state index in [9.17, 15) is 14.4 Å². The predicted molar refractivity (Wildman–Crippen MR) is 110 cm³/mol. The summed E-state index contributed by atoms with van der Waals surface area (Å²) in [5, 5.41) is 2.48. The van der Waals surface area contributed by atoms with Crippen molar-refractivity contribution in [2.75, 3.05) is 5.75 Å². The molecule has 2 aromatic carbocycles. The number of carbonyl (C=O) groups excluding carboxylic acids is 3. The Kier molecular flexibility index (Phi) is 5.40. The topological polar surface area (TPSA) is 75.7 Å². The number of hydrogen-bond acceptors (Lipinski definition) is 5. The largest absolute Gasteiger partial charge is 0.456 e. The molecular weight excluding hydrogens is 388 g/mol. The summed E-state index contributed by atoms with van der Waals surface area (Å²) in [5.74, 6) is -0.513. The highest BCUT2D eigenvalue weighted by molar-refractivity contribution is 8.00. The van der Waals surface area contributed by atoms with Crippen molar-refractivity contribution >= 4 is 29.5 Å². The molecule has 0 aliphatic carbocycles. The van der Waals surface area contributed by atoms with Crippen molar-refractivity contribution in [3.05, 3.63) is 83.1 Å². The second kappa shape index (κ2) is 8.13. The fourth-order valence-corrected chi connectivity index (χ4v) is 4.66. The van der Waals surface area contributed by atoms with Crippen LogP contribution in [0.2, 0.25) is 0 Å². The number of esters is 1. The maximum Gasteiger partial charge on any atom is 0.355 e. The molecule has 7 heteroatoms. The van der Waals surface area contributed by atoms with E-state index in [1.807, 2.05) is 43.3 Å². The Morgan fingerprint density at radius 3 is 2.45 bits per heavy atom. The van der Waals surface area contributed by atoms with Crippen molar-refractivity contribution in [1.82, 2.24) is 10.2 Å². The van der Waals surface area contributed by atoms with Gasteiger partial charge in [0.25, 0.3) is 11.8 Å². The second-order valence-corrected chi connectivity index (χ2v) is 8.02. The predicted octanol–water partition coefficient (Wildman–Crippen LogP) is 2.72. The number of hydrogen-bond donors (Lipinski definition) is 1. The molecule has 2 aromatic rings. The molecule has 1 unspecified atom stereocenters. The van der Waals surface area contributed by atoms with Crippen LogP contribution in [0, 0.1) is 0 Å². The Hall–Kier alpha value is -3.06. The van der Waals surface area contributed by atoms with Gasteiger partial charge in [0, 0.05) is 11.3 Å². The number of benzene rings is 2. The van der Waals surface area contributed by atoms with Crippen molar-refractivity contribution in [3.8, 4) is 0 Å². The summed E-state index contributed by atoms with van der Waals surface area (Å²) in [5.41, 5.74) is 2.46. The number of β-lactam (4-membered cyclic amide) rings is 1. The minimum absolute atomic E-state index is 0.143. The first-order chi connectivity index (χ1) is 14.1. The number of nitrogens with one attached hydrogen (secondary N) is 1. The van der Waals surface area contributed by atoms with E-state index < -0.39 is 12.0 Å². The third-order valence-electron chi connectivity index (χ3n) is 4.89. The van der Waals surface area contributed by atoms with Gasteiger partial charge in [-0.3, -0.25) is 14.5 Å². The van der Waals surface area contributed by atoms with Crippen LogP contribution in [0.15, 0.2) is 71.9 Å². The van der Waals surface area contributed by atoms with Crippen LogP contribution in [0.4, 0.5) is 0 Å². The first kappa shape index (κ1) is 19.3. The molecule has 0 bridgehead atoms. The highest BCUT2D eigenvalue weighted by Gasteiger charge is 2.54. The Bertz CT molecular complexity index is 975. The van der Waals surface area contributed by atoms with Crippen molar-refractivity contribution < 1.29 is 19.1 Å². The molecule has 6 nitrogen and oxygen atoms in total.